The Morgan fingerprint density at radius 3 is 1.85 bits per heavy atom. The first-order chi connectivity index (χ1) is 6.18. The van der Waals surface area contributed by atoms with Crippen molar-refractivity contribution in [3.05, 3.63) is 0 Å². The Labute approximate surface area is 81.4 Å². The summed E-state index contributed by atoms with van der Waals surface area (Å²) in [6, 6.07) is 0. The summed E-state index contributed by atoms with van der Waals surface area (Å²) in [6.07, 6.45) is 2.16. The van der Waals surface area contributed by atoms with Gasteiger partial charge in [0.15, 0.2) is 0 Å². The molecule has 0 spiro atoms. The van der Waals surface area contributed by atoms with E-state index in [1.165, 1.54) is 0 Å². The molecule has 0 aliphatic heterocycles. The quantitative estimate of drug-likeness (QED) is 0.435. The molecular weight excluding hydrogens is 168 g/mol. The summed E-state index contributed by atoms with van der Waals surface area (Å²) in [5, 5.41) is 0. The number of unbranched alkanes of at least 4 members (excludes halogenated alkanes) is 1. The Morgan fingerprint density at radius 2 is 1.46 bits per heavy atom. The summed E-state index contributed by atoms with van der Waals surface area (Å²) in [5.41, 5.74) is 0. The van der Waals surface area contributed by atoms with Crippen LogP contribution in [0.2, 0.25) is 0 Å². The van der Waals surface area contributed by atoms with Gasteiger partial charge in [-0.15, -0.1) is 0 Å². The third kappa shape index (κ3) is 6.02. The van der Waals surface area contributed by atoms with Crippen molar-refractivity contribution in [1.29, 1.82) is 0 Å². The molecule has 13 heavy (non-hydrogen) atoms. The summed E-state index contributed by atoms with van der Waals surface area (Å²) >= 11 is 0. The fourth-order valence-electron chi connectivity index (χ4n) is 1.05. The molecule has 0 rings (SSSR count). The molecule has 0 radical (unpaired) electrons. The van der Waals surface area contributed by atoms with Gasteiger partial charge in [0.2, 0.25) is 0 Å². The van der Waals surface area contributed by atoms with E-state index in [2.05, 4.69) is 6.92 Å². The van der Waals surface area contributed by atoms with Gasteiger partial charge in [-0.2, -0.15) is 0 Å². The smallest absolute Gasteiger partial charge is 0.279 e. The number of hydrogen-bond donors (Lipinski definition) is 0. The standard InChI is InChI=1S/C10H22O3/c1-5-8-9-13-10(4,11-6-2)12-7-3/h5-9H2,1-4H3. The normalized spacial score (nSPS) is 12.0. The van der Waals surface area contributed by atoms with Crippen molar-refractivity contribution in [2.45, 2.75) is 46.5 Å². The van der Waals surface area contributed by atoms with E-state index < -0.39 is 5.97 Å². The summed E-state index contributed by atoms with van der Waals surface area (Å²) in [4.78, 5) is 0. The van der Waals surface area contributed by atoms with Crippen LogP contribution in [-0.4, -0.2) is 25.8 Å². The molecule has 0 fully saturated rings. The van der Waals surface area contributed by atoms with Crippen molar-refractivity contribution >= 4 is 0 Å². The maximum atomic E-state index is 5.51. The zero-order chi connectivity index (χ0) is 10.2. The van der Waals surface area contributed by atoms with E-state index in [4.69, 9.17) is 14.2 Å². The van der Waals surface area contributed by atoms with Crippen molar-refractivity contribution in [2.75, 3.05) is 19.8 Å². The van der Waals surface area contributed by atoms with Crippen molar-refractivity contribution < 1.29 is 14.2 Å². The molecule has 0 aliphatic carbocycles. The van der Waals surface area contributed by atoms with E-state index in [9.17, 15) is 0 Å². The minimum Gasteiger partial charge on any atom is -0.328 e. The topological polar surface area (TPSA) is 27.7 Å². The largest absolute Gasteiger partial charge is 0.328 e. The SMILES string of the molecule is CCCCOC(C)(OCC)OCC. The van der Waals surface area contributed by atoms with E-state index in [1.807, 2.05) is 20.8 Å². The van der Waals surface area contributed by atoms with Crippen LogP contribution in [0.4, 0.5) is 0 Å². The van der Waals surface area contributed by atoms with Crippen LogP contribution in [0, 0.1) is 0 Å². The molecule has 80 valence electrons. The van der Waals surface area contributed by atoms with Crippen molar-refractivity contribution in [3.8, 4) is 0 Å². The second-order valence-corrected chi connectivity index (χ2v) is 2.93. The molecular formula is C10H22O3. The molecule has 0 saturated carbocycles. The van der Waals surface area contributed by atoms with Gasteiger partial charge in [0.05, 0.1) is 6.61 Å². The van der Waals surface area contributed by atoms with Crippen LogP contribution < -0.4 is 0 Å². The van der Waals surface area contributed by atoms with E-state index in [-0.39, 0.29) is 0 Å². The lowest BCUT2D eigenvalue weighted by molar-refractivity contribution is -0.367. The summed E-state index contributed by atoms with van der Waals surface area (Å²) in [7, 11) is 0. The van der Waals surface area contributed by atoms with E-state index in [1.54, 1.807) is 0 Å². The summed E-state index contributed by atoms with van der Waals surface area (Å²) in [5.74, 6) is -0.849. The molecule has 0 heterocycles. The highest BCUT2D eigenvalue weighted by Crippen LogP contribution is 2.14. The van der Waals surface area contributed by atoms with Gasteiger partial charge in [-0.3, -0.25) is 0 Å². The third-order valence-electron chi connectivity index (χ3n) is 1.68. The van der Waals surface area contributed by atoms with E-state index >= 15 is 0 Å². The molecule has 0 amide bonds. The van der Waals surface area contributed by atoms with Crippen LogP contribution in [0.1, 0.15) is 40.5 Å². The Morgan fingerprint density at radius 1 is 0.923 bits per heavy atom. The van der Waals surface area contributed by atoms with Crippen LogP contribution in [0.3, 0.4) is 0 Å². The number of rotatable bonds is 8. The Balaban J connectivity index is 3.76. The van der Waals surface area contributed by atoms with E-state index in [0.717, 1.165) is 12.8 Å². The average molecular weight is 190 g/mol. The Kier molecular flexibility index (Phi) is 7.23. The van der Waals surface area contributed by atoms with Crippen LogP contribution in [0.15, 0.2) is 0 Å². The fraction of sp³-hybridized carbons (Fsp3) is 1.00. The third-order valence-corrected chi connectivity index (χ3v) is 1.68. The van der Waals surface area contributed by atoms with Crippen LogP contribution in [-0.2, 0) is 14.2 Å². The first-order valence-corrected chi connectivity index (χ1v) is 5.10. The van der Waals surface area contributed by atoms with Gasteiger partial charge in [0.25, 0.3) is 5.97 Å². The molecule has 0 aromatic rings. The molecule has 3 heteroatoms. The van der Waals surface area contributed by atoms with Gasteiger partial charge in [-0.1, -0.05) is 13.3 Å². The molecule has 3 nitrogen and oxygen atoms in total. The van der Waals surface area contributed by atoms with Crippen molar-refractivity contribution in [3.63, 3.8) is 0 Å². The molecule has 0 atom stereocenters. The molecule has 0 aromatic carbocycles. The second kappa shape index (κ2) is 7.30. The van der Waals surface area contributed by atoms with Gasteiger partial charge in [0, 0.05) is 20.1 Å². The lowest BCUT2D eigenvalue weighted by Crippen LogP contribution is -2.36. The van der Waals surface area contributed by atoms with E-state index in [0.29, 0.717) is 19.8 Å². The molecule has 0 bridgehead atoms. The predicted octanol–water partition coefficient (Wildman–Crippen LogP) is 2.55. The maximum absolute atomic E-state index is 5.51. The van der Waals surface area contributed by atoms with Gasteiger partial charge in [-0.25, -0.2) is 0 Å². The molecule has 0 aliphatic rings. The maximum Gasteiger partial charge on any atom is 0.279 e. The first kappa shape index (κ1) is 12.9. The van der Waals surface area contributed by atoms with Crippen LogP contribution in [0.25, 0.3) is 0 Å². The minimum absolute atomic E-state index is 0.600. The average Bonchev–Trinajstić information content (AvgIpc) is 2.05. The highest BCUT2D eigenvalue weighted by Gasteiger charge is 2.25. The van der Waals surface area contributed by atoms with Crippen LogP contribution >= 0.6 is 0 Å². The zero-order valence-corrected chi connectivity index (χ0v) is 9.26. The van der Waals surface area contributed by atoms with Gasteiger partial charge in [0.1, 0.15) is 0 Å². The Bertz CT molecular complexity index is 109. The van der Waals surface area contributed by atoms with Gasteiger partial charge in [-0.05, 0) is 20.3 Å². The van der Waals surface area contributed by atoms with Gasteiger partial charge >= 0.3 is 0 Å². The minimum atomic E-state index is -0.849. The number of hydrogen-bond acceptors (Lipinski definition) is 3. The van der Waals surface area contributed by atoms with Crippen molar-refractivity contribution in [2.24, 2.45) is 0 Å². The highest BCUT2D eigenvalue weighted by atomic mass is 16.9. The fourth-order valence-corrected chi connectivity index (χ4v) is 1.05. The Hall–Kier alpha value is -0.120. The number of ether oxygens (including phenoxy) is 3. The second-order valence-electron chi connectivity index (χ2n) is 2.93. The van der Waals surface area contributed by atoms with Gasteiger partial charge < -0.3 is 14.2 Å². The lowest BCUT2D eigenvalue weighted by atomic mass is 10.4. The highest BCUT2D eigenvalue weighted by molar-refractivity contribution is 4.47. The molecule has 0 N–H and O–H groups in total. The predicted molar refractivity (Wildman–Crippen MR) is 52.5 cm³/mol. The van der Waals surface area contributed by atoms with Crippen molar-refractivity contribution in [1.82, 2.24) is 0 Å². The molecule has 0 aromatic heterocycles. The summed E-state index contributed by atoms with van der Waals surface area (Å²) < 4.78 is 16.3. The first-order valence-electron chi connectivity index (χ1n) is 5.10. The monoisotopic (exact) mass is 190 g/mol. The summed E-state index contributed by atoms with van der Waals surface area (Å²) in [6.45, 7) is 9.69. The zero-order valence-electron chi connectivity index (χ0n) is 9.26. The molecule has 0 saturated heterocycles. The lowest BCUT2D eigenvalue weighted by Gasteiger charge is -2.28. The molecule has 0 unspecified atom stereocenters. The van der Waals surface area contributed by atoms with Crippen LogP contribution in [0.5, 0.6) is 0 Å².